The molecule has 33 heavy (non-hydrogen) atoms. The Morgan fingerprint density at radius 3 is 2.73 bits per heavy atom. The van der Waals surface area contributed by atoms with Gasteiger partial charge in [0.25, 0.3) is 6.47 Å². The predicted molar refractivity (Wildman–Crippen MR) is 109 cm³/mol. The summed E-state index contributed by atoms with van der Waals surface area (Å²) in [5.74, 6) is 2.20. The minimum atomic E-state index is -1.02. The van der Waals surface area contributed by atoms with Crippen LogP contribution in [0.4, 0.5) is 10.2 Å². The summed E-state index contributed by atoms with van der Waals surface area (Å²) in [7, 11) is 1.00. The van der Waals surface area contributed by atoms with Crippen molar-refractivity contribution in [3.8, 4) is 12.3 Å². The van der Waals surface area contributed by atoms with E-state index in [9.17, 15) is 19.1 Å². The first-order chi connectivity index (χ1) is 15.8. The number of nitrogen functional groups attached to an aromatic ring is 1. The zero-order valence-corrected chi connectivity index (χ0v) is 17.7. The maximum Gasteiger partial charge on any atom is 0.519 e. The number of carbonyl (C=O) groups is 1. The fraction of sp³-hybridized carbons (Fsp3) is 0.421. The van der Waals surface area contributed by atoms with Gasteiger partial charge in [0.15, 0.2) is 40.7 Å². The van der Waals surface area contributed by atoms with Crippen LogP contribution in [0, 0.1) is 25.3 Å². The zero-order chi connectivity index (χ0) is 24.6. The molecule has 0 amide bonds. The van der Waals surface area contributed by atoms with Crippen LogP contribution in [0.3, 0.4) is 0 Å². The lowest BCUT2D eigenvalue weighted by Crippen LogP contribution is -2.31. The molecule has 4 N–H and O–H groups in total. The fourth-order valence-corrected chi connectivity index (χ4v) is 2.94. The van der Waals surface area contributed by atoms with Crippen LogP contribution in [0.1, 0.15) is 30.6 Å². The number of fused-ring (bicyclic) bond motifs is 1. The maximum absolute atomic E-state index is 13.3. The number of ether oxygens (including phenoxy) is 2. The van der Waals surface area contributed by atoms with Crippen molar-refractivity contribution in [2.24, 2.45) is 0 Å². The minimum absolute atomic E-state index is 0.0328. The minimum Gasteiger partial charge on any atom is -0.460 e. The van der Waals surface area contributed by atoms with E-state index >= 15 is 0 Å². The first kappa shape index (κ1) is 25.5. The quantitative estimate of drug-likeness (QED) is 0.260. The Balaban J connectivity index is 0.000000252. The average molecular weight is 467 g/mol. The number of halogens is 1. The van der Waals surface area contributed by atoms with Crippen LogP contribution in [0.15, 0.2) is 20.0 Å². The highest BCUT2D eigenvalue weighted by atomic mass is 19.1. The number of nitrogens with zero attached hydrogens (tertiary/aromatic N) is 4. The van der Waals surface area contributed by atoms with Gasteiger partial charge < -0.3 is 34.3 Å². The van der Waals surface area contributed by atoms with Crippen molar-refractivity contribution >= 4 is 23.5 Å². The number of carbonyl (C=O) groups excluding carboxylic acids is 1. The molecule has 0 aromatic carbocycles. The topological polar surface area (TPSA) is 189 Å². The Labute approximate surface area is 186 Å². The Bertz CT molecular complexity index is 1180. The van der Waals surface area contributed by atoms with E-state index in [0.29, 0.717) is 24.1 Å². The molecule has 0 radical (unpaired) electrons. The molecule has 1 fully saturated rings. The van der Waals surface area contributed by atoms with Gasteiger partial charge in [0.1, 0.15) is 6.23 Å². The van der Waals surface area contributed by atoms with Gasteiger partial charge in [0.05, 0.1) is 12.9 Å². The lowest BCUT2D eigenvalue weighted by Gasteiger charge is -2.21. The molecule has 3 aromatic heterocycles. The van der Waals surface area contributed by atoms with E-state index in [1.807, 2.05) is 0 Å². The number of aromatic nitrogens is 4. The van der Waals surface area contributed by atoms with E-state index in [0.717, 1.165) is 7.11 Å². The van der Waals surface area contributed by atoms with Crippen molar-refractivity contribution in [3.63, 3.8) is 0 Å². The summed E-state index contributed by atoms with van der Waals surface area (Å²) in [6.45, 7) is 1.47. The van der Waals surface area contributed by atoms with Crippen LogP contribution in [0.5, 0.6) is 0 Å². The first-order valence-corrected chi connectivity index (χ1v) is 9.34. The number of hydrogen-bond donors (Lipinski definition) is 3. The van der Waals surface area contributed by atoms with E-state index in [4.69, 9.17) is 22.0 Å². The number of imidazole rings is 1. The second-order valence-electron chi connectivity index (χ2n) is 6.45. The van der Waals surface area contributed by atoms with Crippen LogP contribution >= 0.6 is 0 Å². The van der Waals surface area contributed by atoms with Crippen LogP contribution in [-0.2, 0) is 20.9 Å². The van der Waals surface area contributed by atoms with Crippen molar-refractivity contribution in [1.82, 2.24) is 19.5 Å². The van der Waals surface area contributed by atoms with Gasteiger partial charge in [-0.25, -0.2) is 9.78 Å². The summed E-state index contributed by atoms with van der Waals surface area (Å²) in [4.78, 5) is 31.3. The highest BCUT2D eigenvalue weighted by molar-refractivity contribution is 5.81. The van der Waals surface area contributed by atoms with Gasteiger partial charge in [-0.05, 0) is 19.8 Å². The number of aliphatic hydroxyl groups excluding tert-OH is 2. The fourth-order valence-electron chi connectivity index (χ4n) is 2.94. The Hall–Kier alpha value is -3.80. The molecule has 4 heterocycles. The summed E-state index contributed by atoms with van der Waals surface area (Å²) in [5.41, 5.74) is 5.12. The number of rotatable bonds is 5. The molecule has 4 rings (SSSR count). The van der Waals surface area contributed by atoms with Gasteiger partial charge in [-0.3, -0.25) is 9.36 Å². The molecular weight excluding hydrogens is 445 g/mol. The Morgan fingerprint density at radius 1 is 1.45 bits per heavy atom. The molecule has 3 aromatic rings. The second-order valence-corrected chi connectivity index (χ2v) is 6.45. The molecule has 2 atom stereocenters. The third-order valence-electron chi connectivity index (χ3n) is 4.52. The lowest BCUT2D eigenvalue weighted by atomic mass is 10.0. The smallest absolute Gasteiger partial charge is 0.460 e. The summed E-state index contributed by atoms with van der Waals surface area (Å²) < 4.78 is 33.9. The Morgan fingerprint density at radius 2 is 2.18 bits per heavy atom. The van der Waals surface area contributed by atoms with Crippen molar-refractivity contribution in [1.29, 1.82) is 0 Å². The van der Waals surface area contributed by atoms with Crippen molar-refractivity contribution in [2.45, 2.75) is 38.2 Å². The number of terminal acetylenes is 1. The normalized spacial score (nSPS) is 19.1. The van der Waals surface area contributed by atoms with Crippen molar-refractivity contribution in [3.05, 3.63) is 34.5 Å². The van der Waals surface area contributed by atoms with E-state index in [-0.39, 0.29) is 36.9 Å². The molecule has 14 heteroatoms. The highest BCUT2D eigenvalue weighted by Crippen LogP contribution is 2.37. The average Bonchev–Trinajstić information content (AvgIpc) is 3.51. The first-order valence-electron chi connectivity index (χ1n) is 9.34. The summed E-state index contributed by atoms with van der Waals surface area (Å²) >= 11 is 0. The molecule has 1 aliphatic rings. The molecule has 0 saturated carbocycles. The third kappa shape index (κ3) is 5.71. The van der Waals surface area contributed by atoms with Crippen LogP contribution in [-0.4, -0.2) is 55.5 Å². The van der Waals surface area contributed by atoms with Gasteiger partial charge in [0.2, 0.25) is 0 Å². The number of nitrogens with two attached hydrogens (primary N) is 1. The largest absolute Gasteiger partial charge is 0.519 e. The molecular formula is C19H22FN5O8. The summed E-state index contributed by atoms with van der Waals surface area (Å²) in [5, 5.41) is 16.3. The van der Waals surface area contributed by atoms with E-state index in [1.54, 1.807) is 11.5 Å². The molecule has 1 aliphatic heterocycles. The lowest BCUT2D eigenvalue weighted by molar-refractivity contribution is -0.130. The molecule has 0 bridgehead atoms. The zero-order valence-electron chi connectivity index (χ0n) is 17.7. The maximum atomic E-state index is 13.3. The number of anilines is 1. The highest BCUT2D eigenvalue weighted by Gasteiger charge is 2.39. The number of aliphatic hydroxyl groups is 2. The van der Waals surface area contributed by atoms with Gasteiger partial charge in [-0.15, -0.1) is 6.42 Å². The van der Waals surface area contributed by atoms with E-state index in [2.05, 4.69) is 34.4 Å². The van der Waals surface area contributed by atoms with E-state index in [1.165, 1.54) is 6.33 Å². The molecule has 178 valence electrons. The monoisotopic (exact) mass is 467 g/mol. The van der Waals surface area contributed by atoms with Gasteiger partial charge in [-0.1, -0.05) is 5.92 Å². The van der Waals surface area contributed by atoms with Gasteiger partial charge in [-0.2, -0.15) is 14.4 Å². The molecule has 0 spiro atoms. The molecule has 2 unspecified atom stereocenters. The summed E-state index contributed by atoms with van der Waals surface area (Å²) in [6.07, 6.45) is 6.48. The van der Waals surface area contributed by atoms with Crippen LogP contribution in [0.25, 0.3) is 11.2 Å². The predicted octanol–water partition coefficient (Wildman–Crippen LogP) is 0.0436. The molecule has 0 aliphatic carbocycles. The van der Waals surface area contributed by atoms with Crippen LogP contribution in [0.2, 0.25) is 0 Å². The SMILES string of the molecule is C#CC1(CO)CCC(n2cnc3c(N)nc(F)nc32)O1.CO.Cc1oc(=O)oc1COC=O. The Kier molecular flexibility index (Phi) is 8.63. The van der Waals surface area contributed by atoms with Crippen LogP contribution < -0.4 is 11.6 Å². The second kappa shape index (κ2) is 11.2. The number of aryl methyl sites for hydroxylation is 1. The standard InChI is InChI=1S/C12H12FN5O2.C6H6O5.CH4O/c1-2-12(5-19)4-3-7(20-12)18-6-15-8-9(14)16-11(13)17-10(8)18;1-4-5(2-9-3-7)11-6(8)10-4;1-2/h1,6-7,19H,3-5H2,(H2,14,16,17);3H,2H2,1H3;2H,1H3. The number of hydrogen-bond acceptors (Lipinski definition) is 12. The van der Waals surface area contributed by atoms with Crippen molar-refractivity contribution < 1.29 is 37.7 Å². The van der Waals surface area contributed by atoms with Gasteiger partial charge in [0, 0.05) is 7.11 Å². The third-order valence-corrected chi connectivity index (χ3v) is 4.52. The summed E-state index contributed by atoms with van der Waals surface area (Å²) in [6, 6.07) is 0. The molecule has 13 nitrogen and oxygen atoms in total. The molecule has 1 saturated heterocycles. The van der Waals surface area contributed by atoms with Crippen molar-refractivity contribution in [2.75, 3.05) is 19.5 Å². The van der Waals surface area contributed by atoms with Gasteiger partial charge >= 0.3 is 11.9 Å². The van der Waals surface area contributed by atoms with E-state index < -0.39 is 23.7 Å².